The minimum Gasteiger partial charge on any atom is -0.467 e. The van der Waals surface area contributed by atoms with Gasteiger partial charge in [0.15, 0.2) is 0 Å². The fourth-order valence-electron chi connectivity index (χ4n) is 2.91. The minimum absolute atomic E-state index is 0.0954. The average molecular weight is 377 g/mol. The van der Waals surface area contributed by atoms with E-state index in [0.717, 1.165) is 5.69 Å². The Morgan fingerprint density at radius 2 is 1.85 bits per heavy atom. The predicted octanol–water partition coefficient (Wildman–Crippen LogP) is 1.77. The summed E-state index contributed by atoms with van der Waals surface area (Å²) in [5.74, 6) is -0.841. The van der Waals surface area contributed by atoms with Crippen LogP contribution in [0.2, 0.25) is 0 Å². The lowest BCUT2D eigenvalue weighted by Gasteiger charge is -2.24. The number of nitrogens with one attached hydrogen (secondary N) is 2. The maximum atomic E-state index is 12.6. The number of nitrogens with zero attached hydrogens (tertiary/aromatic N) is 1. The molecule has 8 heteroatoms. The summed E-state index contributed by atoms with van der Waals surface area (Å²) < 4.78 is 9.95. The molecule has 2 rings (SSSR count). The van der Waals surface area contributed by atoms with Crippen molar-refractivity contribution in [3.63, 3.8) is 0 Å². The molecule has 148 valence electrons. The molecule has 8 nitrogen and oxygen atoms in total. The van der Waals surface area contributed by atoms with Crippen molar-refractivity contribution in [2.75, 3.05) is 25.5 Å². The number of rotatable bonds is 5. The highest BCUT2D eigenvalue weighted by Crippen LogP contribution is 2.22. The van der Waals surface area contributed by atoms with Gasteiger partial charge in [0.05, 0.1) is 7.11 Å². The van der Waals surface area contributed by atoms with Crippen LogP contribution in [0.4, 0.5) is 10.5 Å². The van der Waals surface area contributed by atoms with Crippen molar-refractivity contribution in [1.29, 1.82) is 0 Å². The molecule has 0 spiro atoms. The molecule has 2 amide bonds. The summed E-state index contributed by atoms with van der Waals surface area (Å²) in [5, 5.41) is 5.75. The third-order valence-corrected chi connectivity index (χ3v) is 4.02. The van der Waals surface area contributed by atoms with Crippen LogP contribution in [0.1, 0.15) is 27.2 Å². The number of hydrogen-bond donors (Lipinski definition) is 2. The quantitative estimate of drug-likeness (QED) is 0.759. The molecule has 0 saturated carbocycles. The molecule has 1 heterocycles. The van der Waals surface area contributed by atoms with Crippen molar-refractivity contribution < 1.29 is 23.9 Å². The lowest BCUT2D eigenvalue weighted by atomic mass is 10.1. The zero-order valence-corrected chi connectivity index (χ0v) is 16.2. The van der Waals surface area contributed by atoms with Gasteiger partial charge in [0.1, 0.15) is 18.2 Å². The molecule has 0 aliphatic carbocycles. The Hall–Kier alpha value is -2.77. The van der Waals surface area contributed by atoms with E-state index in [-0.39, 0.29) is 18.5 Å². The number of carbonyl (C=O) groups is 3. The summed E-state index contributed by atoms with van der Waals surface area (Å²) in [4.78, 5) is 37.8. The zero-order chi connectivity index (χ0) is 20.0. The van der Waals surface area contributed by atoms with E-state index in [1.807, 2.05) is 30.3 Å². The van der Waals surface area contributed by atoms with Crippen molar-refractivity contribution in [1.82, 2.24) is 10.2 Å². The SMILES string of the molecule is COC(=O)C1C[C@@H](Nc2ccccc2)CN1C(=O)CNC(=O)OC(C)(C)C. The average Bonchev–Trinajstić information content (AvgIpc) is 3.02. The number of anilines is 1. The maximum Gasteiger partial charge on any atom is 0.408 e. The largest absolute Gasteiger partial charge is 0.467 e. The van der Waals surface area contributed by atoms with Crippen LogP contribution < -0.4 is 10.6 Å². The molecule has 2 N–H and O–H groups in total. The summed E-state index contributed by atoms with van der Waals surface area (Å²) in [5.41, 5.74) is 0.257. The van der Waals surface area contributed by atoms with Gasteiger partial charge in [-0.3, -0.25) is 4.79 Å². The maximum absolute atomic E-state index is 12.6. The molecule has 27 heavy (non-hydrogen) atoms. The second-order valence-electron chi connectivity index (χ2n) is 7.38. The van der Waals surface area contributed by atoms with Crippen LogP contribution in [0, 0.1) is 0 Å². The molecule has 1 fully saturated rings. The molecule has 0 radical (unpaired) electrons. The number of methoxy groups -OCH3 is 1. The van der Waals surface area contributed by atoms with Crippen LogP contribution in [0.5, 0.6) is 0 Å². The Balaban J connectivity index is 1.98. The number of ether oxygens (including phenoxy) is 2. The second-order valence-corrected chi connectivity index (χ2v) is 7.38. The molecule has 0 aromatic heterocycles. The topological polar surface area (TPSA) is 97.0 Å². The smallest absolute Gasteiger partial charge is 0.408 e. The van der Waals surface area contributed by atoms with Gasteiger partial charge in [0.25, 0.3) is 0 Å². The molecular formula is C19H27N3O5. The number of esters is 1. The van der Waals surface area contributed by atoms with E-state index >= 15 is 0 Å². The lowest BCUT2D eigenvalue weighted by molar-refractivity contribution is -0.150. The Bertz CT molecular complexity index is 672. The predicted molar refractivity (Wildman–Crippen MR) is 100 cm³/mol. The van der Waals surface area contributed by atoms with Gasteiger partial charge >= 0.3 is 12.1 Å². The van der Waals surface area contributed by atoms with E-state index in [1.165, 1.54) is 12.0 Å². The number of hydrogen-bond acceptors (Lipinski definition) is 6. The molecule has 2 atom stereocenters. The van der Waals surface area contributed by atoms with Gasteiger partial charge in [-0.25, -0.2) is 9.59 Å². The molecule has 0 bridgehead atoms. The zero-order valence-electron chi connectivity index (χ0n) is 16.2. The molecule has 1 saturated heterocycles. The number of para-hydroxylation sites is 1. The van der Waals surface area contributed by atoms with E-state index in [1.54, 1.807) is 20.8 Å². The standard InChI is InChI=1S/C19H27N3O5/c1-19(2,3)27-18(25)20-11-16(23)22-12-14(10-15(22)17(24)26-4)21-13-8-6-5-7-9-13/h5-9,14-15,21H,10-12H2,1-4H3,(H,20,25)/t14-,15?/m1/s1. The highest BCUT2D eigenvalue weighted by atomic mass is 16.6. The number of likely N-dealkylation sites (tertiary alicyclic amines) is 1. The molecular weight excluding hydrogens is 350 g/mol. The molecule has 1 aromatic rings. The van der Waals surface area contributed by atoms with Gasteiger partial charge in [0.2, 0.25) is 5.91 Å². The summed E-state index contributed by atoms with van der Waals surface area (Å²) in [7, 11) is 1.29. The van der Waals surface area contributed by atoms with Crippen molar-refractivity contribution in [3.05, 3.63) is 30.3 Å². The van der Waals surface area contributed by atoms with Gasteiger partial charge in [-0.1, -0.05) is 18.2 Å². The number of amides is 2. The molecule has 1 unspecified atom stereocenters. The molecule has 1 aliphatic rings. The van der Waals surface area contributed by atoms with E-state index in [0.29, 0.717) is 13.0 Å². The Morgan fingerprint density at radius 3 is 2.44 bits per heavy atom. The fraction of sp³-hybridized carbons (Fsp3) is 0.526. The third-order valence-electron chi connectivity index (χ3n) is 4.02. The summed E-state index contributed by atoms with van der Waals surface area (Å²) in [6.45, 7) is 5.30. The minimum atomic E-state index is -0.691. The van der Waals surface area contributed by atoms with Gasteiger partial charge in [-0.05, 0) is 32.9 Å². The van der Waals surface area contributed by atoms with Crippen LogP contribution >= 0.6 is 0 Å². The van der Waals surface area contributed by atoms with Crippen molar-refractivity contribution in [2.45, 2.75) is 44.9 Å². The van der Waals surface area contributed by atoms with E-state index < -0.39 is 23.7 Å². The van der Waals surface area contributed by atoms with Gasteiger partial charge in [0, 0.05) is 24.7 Å². The summed E-state index contributed by atoms with van der Waals surface area (Å²) in [6, 6.07) is 8.77. The Kier molecular flexibility index (Phi) is 6.65. The summed E-state index contributed by atoms with van der Waals surface area (Å²) in [6.07, 6.45) is -0.247. The normalized spacial score (nSPS) is 19.3. The van der Waals surface area contributed by atoms with Crippen molar-refractivity contribution in [3.8, 4) is 0 Å². The first-order valence-electron chi connectivity index (χ1n) is 8.85. The fourth-order valence-corrected chi connectivity index (χ4v) is 2.91. The number of carbonyl (C=O) groups excluding carboxylic acids is 3. The van der Waals surface area contributed by atoms with Crippen molar-refractivity contribution >= 4 is 23.7 Å². The number of alkyl carbamates (subject to hydrolysis) is 1. The van der Waals surface area contributed by atoms with Gasteiger partial charge < -0.3 is 25.0 Å². The van der Waals surface area contributed by atoms with E-state index in [2.05, 4.69) is 10.6 Å². The van der Waals surface area contributed by atoms with Crippen LogP contribution in [0.25, 0.3) is 0 Å². The lowest BCUT2D eigenvalue weighted by Crippen LogP contribution is -2.46. The van der Waals surface area contributed by atoms with Crippen LogP contribution in [-0.4, -0.2) is 60.8 Å². The van der Waals surface area contributed by atoms with E-state index in [9.17, 15) is 14.4 Å². The van der Waals surface area contributed by atoms with E-state index in [4.69, 9.17) is 9.47 Å². The number of benzene rings is 1. The van der Waals surface area contributed by atoms with Crippen LogP contribution in [-0.2, 0) is 19.1 Å². The highest BCUT2D eigenvalue weighted by Gasteiger charge is 2.40. The van der Waals surface area contributed by atoms with Gasteiger partial charge in [-0.15, -0.1) is 0 Å². The summed E-state index contributed by atoms with van der Waals surface area (Å²) >= 11 is 0. The first-order valence-corrected chi connectivity index (χ1v) is 8.85. The highest BCUT2D eigenvalue weighted by molar-refractivity contribution is 5.88. The van der Waals surface area contributed by atoms with Crippen LogP contribution in [0.3, 0.4) is 0 Å². The monoisotopic (exact) mass is 377 g/mol. The van der Waals surface area contributed by atoms with Crippen LogP contribution in [0.15, 0.2) is 30.3 Å². The third kappa shape index (κ3) is 6.16. The molecule has 1 aliphatic heterocycles. The molecule has 1 aromatic carbocycles. The Morgan fingerprint density at radius 1 is 1.19 bits per heavy atom. The Labute approximate surface area is 159 Å². The second kappa shape index (κ2) is 8.75. The van der Waals surface area contributed by atoms with Crippen molar-refractivity contribution in [2.24, 2.45) is 0 Å². The van der Waals surface area contributed by atoms with Gasteiger partial charge in [-0.2, -0.15) is 0 Å². The first kappa shape index (κ1) is 20.5. The first-order chi connectivity index (χ1) is 12.7.